The van der Waals surface area contributed by atoms with E-state index in [1.807, 2.05) is 18.2 Å². The lowest BCUT2D eigenvalue weighted by Crippen LogP contribution is -2.05. The molecule has 0 aliphatic rings. The van der Waals surface area contributed by atoms with Gasteiger partial charge in [0.2, 0.25) is 0 Å². The maximum absolute atomic E-state index is 5.93. The highest BCUT2D eigenvalue weighted by Gasteiger charge is 1.99. The zero-order valence-electron chi connectivity index (χ0n) is 10.2. The van der Waals surface area contributed by atoms with Gasteiger partial charge in [0.15, 0.2) is 0 Å². The summed E-state index contributed by atoms with van der Waals surface area (Å²) in [5.74, 6) is 0. The van der Waals surface area contributed by atoms with Crippen molar-refractivity contribution in [1.82, 2.24) is 0 Å². The van der Waals surface area contributed by atoms with Crippen molar-refractivity contribution in [1.29, 1.82) is 0 Å². The van der Waals surface area contributed by atoms with Crippen LogP contribution in [0.5, 0.6) is 0 Å². The Labute approximate surface area is 113 Å². The summed E-state index contributed by atoms with van der Waals surface area (Å²) < 4.78 is 0. The Bertz CT molecular complexity index is 497. The molecular formula is C15H17ClN2. The molecule has 0 aromatic heterocycles. The smallest absolute Gasteiger partial charge is 0.0588 e. The minimum absolute atomic E-state index is 0.703. The molecule has 0 fully saturated rings. The maximum atomic E-state index is 5.93. The third kappa shape index (κ3) is 3.67. The average Bonchev–Trinajstić information content (AvgIpc) is 2.40. The van der Waals surface area contributed by atoms with E-state index < -0.39 is 0 Å². The highest BCUT2D eigenvalue weighted by molar-refractivity contribution is 6.31. The summed E-state index contributed by atoms with van der Waals surface area (Å²) in [6, 6.07) is 15.9. The van der Waals surface area contributed by atoms with Gasteiger partial charge in [0.05, 0.1) is 11.4 Å². The van der Waals surface area contributed by atoms with Crippen LogP contribution in [0.15, 0.2) is 48.5 Å². The van der Waals surface area contributed by atoms with Crippen LogP contribution in [0.4, 0.5) is 11.4 Å². The van der Waals surface area contributed by atoms with Gasteiger partial charge in [-0.15, -0.1) is 0 Å². The summed E-state index contributed by atoms with van der Waals surface area (Å²) in [7, 11) is 0. The normalized spacial score (nSPS) is 10.3. The number of hydrogen-bond donors (Lipinski definition) is 2. The number of rotatable bonds is 5. The largest absolute Gasteiger partial charge is 0.397 e. The van der Waals surface area contributed by atoms with Gasteiger partial charge in [0.25, 0.3) is 0 Å². The molecule has 0 aliphatic carbocycles. The van der Waals surface area contributed by atoms with Crippen molar-refractivity contribution in [2.24, 2.45) is 0 Å². The molecule has 0 bridgehead atoms. The molecule has 94 valence electrons. The molecule has 3 heteroatoms. The monoisotopic (exact) mass is 260 g/mol. The van der Waals surface area contributed by atoms with Crippen LogP contribution in [-0.2, 0) is 6.42 Å². The van der Waals surface area contributed by atoms with Gasteiger partial charge in [-0.05, 0) is 36.6 Å². The van der Waals surface area contributed by atoms with Crippen molar-refractivity contribution in [3.05, 3.63) is 59.1 Å². The Hall–Kier alpha value is -1.67. The van der Waals surface area contributed by atoms with E-state index in [-0.39, 0.29) is 0 Å². The highest BCUT2D eigenvalue weighted by Crippen LogP contribution is 2.22. The Morgan fingerprint density at radius 2 is 1.83 bits per heavy atom. The molecule has 0 amide bonds. The zero-order valence-corrected chi connectivity index (χ0v) is 11.0. The fraction of sp³-hybridized carbons (Fsp3) is 0.200. The molecule has 0 atom stereocenters. The molecule has 2 nitrogen and oxygen atoms in total. The van der Waals surface area contributed by atoms with Gasteiger partial charge in [-0.2, -0.15) is 0 Å². The third-order valence-corrected chi connectivity index (χ3v) is 3.05. The fourth-order valence-corrected chi connectivity index (χ4v) is 2.01. The van der Waals surface area contributed by atoms with E-state index in [1.165, 1.54) is 5.56 Å². The van der Waals surface area contributed by atoms with Crippen LogP contribution in [0.2, 0.25) is 5.02 Å². The Morgan fingerprint density at radius 3 is 2.61 bits per heavy atom. The van der Waals surface area contributed by atoms with Crippen LogP contribution in [0.25, 0.3) is 0 Å². The van der Waals surface area contributed by atoms with Gasteiger partial charge in [0.1, 0.15) is 0 Å². The van der Waals surface area contributed by atoms with Crippen LogP contribution in [0, 0.1) is 0 Å². The summed E-state index contributed by atoms with van der Waals surface area (Å²) in [4.78, 5) is 0. The van der Waals surface area contributed by atoms with Crippen molar-refractivity contribution in [3.8, 4) is 0 Å². The summed E-state index contributed by atoms with van der Waals surface area (Å²) in [6.07, 6.45) is 2.13. The number of aryl methyl sites for hydroxylation is 1. The summed E-state index contributed by atoms with van der Waals surface area (Å²) in [6.45, 7) is 0.888. The number of anilines is 2. The Kier molecular flexibility index (Phi) is 4.48. The number of benzene rings is 2. The molecule has 18 heavy (non-hydrogen) atoms. The van der Waals surface area contributed by atoms with Crippen LogP contribution >= 0.6 is 11.6 Å². The van der Waals surface area contributed by atoms with E-state index in [0.29, 0.717) is 5.02 Å². The molecule has 0 unspecified atom stereocenters. The van der Waals surface area contributed by atoms with Gasteiger partial charge in [-0.1, -0.05) is 41.9 Å². The summed E-state index contributed by atoms with van der Waals surface area (Å²) in [5.41, 5.74) is 8.87. The SMILES string of the molecule is Nc1ccc(Cl)cc1NCCCc1ccccc1. The van der Waals surface area contributed by atoms with E-state index in [2.05, 4.69) is 29.6 Å². The van der Waals surface area contributed by atoms with Gasteiger partial charge in [-0.3, -0.25) is 0 Å². The highest BCUT2D eigenvalue weighted by atomic mass is 35.5. The molecule has 0 heterocycles. The van der Waals surface area contributed by atoms with Crippen molar-refractivity contribution in [3.63, 3.8) is 0 Å². The first-order valence-corrected chi connectivity index (χ1v) is 6.46. The molecule has 0 radical (unpaired) electrons. The second kappa shape index (κ2) is 6.31. The zero-order chi connectivity index (χ0) is 12.8. The Balaban J connectivity index is 1.80. The third-order valence-electron chi connectivity index (χ3n) is 2.82. The van der Waals surface area contributed by atoms with Gasteiger partial charge < -0.3 is 11.1 Å². The first-order valence-electron chi connectivity index (χ1n) is 6.08. The lowest BCUT2D eigenvalue weighted by atomic mass is 10.1. The first kappa shape index (κ1) is 12.8. The minimum Gasteiger partial charge on any atom is -0.397 e. The molecule has 0 saturated carbocycles. The molecule has 0 spiro atoms. The topological polar surface area (TPSA) is 38.0 Å². The van der Waals surface area contributed by atoms with E-state index in [4.69, 9.17) is 17.3 Å². The lowest BCUT2D eigenvalue weighted by Gasteiger charge is -2.09. The standard InChI is InChI=1S/C15H17ClN2/c16-13-8-9-14(17)15(11-13)18-10-4-7-12-5-2-1-3-6-12/h1-3,5-6,8-9,11,18H,4,7,10,17H2. The van der Waals surface area contributed by atoms with E-state index in [9.17, 15) is 0 Å². The van der Waals surface area contributed by atoms with E-state index in [1.54, 1.807) is 6.07 Å². The van der Waals surface area contributed by atoms with Crippen LogP contribution in [0.1, 0.15) is 12.0 Å². The summed E-state index contributed by atoms with van der Waals surface area (Å²) >= 11 is 5.93. The predicted molar refractivity (Wildman–Crippen MR) is 79.1 cm³/mol. The Morgan fingerprint density at radius 1 is 1.06 bits per heavy atom. The quantitative estimate of drug-likeness (QED) is 0.631. The van der Waals surface area contributed by atoms with Crippen LogP contribution in [0.3, 0.4) is 0 Å². The lowest BCUT2D eigenvalue weighted by molar-refractivity contribution is 0.863. The van der Waals surface area contributed by atoms with E-state index >= 15 is 0 Å². The predicted octanol–water partition coefficient (Wildman–Crippen LogP) is 3.97. The van der Waals surface area contributed by atoms with Crippen LogP contribution < -0.4 is 11.1 Å². The molecule has 2 rings (SSSR count). The molecule has 0 aliphatic heterocycles. The van der Waals surface area contributed by atoms with Gasteiger partial charge >= 0.3 is 0 Å². The molecule has 2 aromatic rings. The molecular weight excluding hydrogens is 244 g/mol. The van der Waals surface area contributed by atoms with Crippen molar-refractivity contribution in [2.45, 2.75) is 12.8 Å². The molecule has 0 saturated heterocycles. The number of hydrogen-bond acceptors (Lipinski definition) is 2. The van der Waals surface area contributed by atoms with Crippen LogP contribution in [-0.4, -0.2) is 6.54 Å². The second-order valence-electron chi connectivity index (χ2n) is 4.25. The molecule has 2 aromatic carbocycles. The van der Waals surface area contributed by atoms with Gasteiger partial charge in [-0.25, -0.2) is 0 Å². The first-order chi connectivity index (χ1) is 8.75. The fourth-order valence-electron chi connectivity index (χ4n) is 1.84. The average molecular weight is 261 g/mol. The van der Waals surface area contributed by atoms with Crippen molar-refractivity contribution in [2.75, 3.05) is 17.6 Å². The number of nitrogens with one attached hydrogen (secondary N) is 1. The van der Waals surface area contributed by atoms with Gasteiger partial charge in [0, 0.05) is 11.6 Å². The summed E-state index contributed by atoms with van der Waals surface area (Å²) in [5, 5.41) is 4.02. The minimum atomic E-state index is 0.703. The maximum Gasteiger partial charge on any atom is 0.0588 e. The second-order valence-corrected chi connectivity index (χ2v) is 4.68. The molecule has 3 N–H and O–H groups in total. The number of halogens is 1. The number of nitrogen functional groups attached to an aromatic ring is 1. The van der Waals surface area contributed by atoms with Crippen molar-refractivity contribution >= 4 is 23.0 Å². The van der Waals surface area contributed by atoms with Crippen molar-refractivity contribution < 1.29 is 0 Å². The number of nitrogens with two attached hydrogens (primary N) is 1. The van der Waals surface area contributed by atoms with E-state index in [0.717, 1.165) is 30.8 Å².